The zero-order valence-corrected chi connectivity index (χ0v) is 5.86. The van der Waals surface area contributed by atoms with Gasteiger partial charge in [-0.3, -0.25) is 0 Å². The molecule has 0 unspecified atom stereocenters. The summed E-state index contributed by atoms with van der Waals surface area (Å²) in [4.78, 5) is 0. The average Bonchev–Trinajstić information content (AvgIpc) is 1.78. The summed E-state index contributed by atoms with van der Waals surface area (Å²) in [6.45, 7) is 3.16. The van der Waals surface area contributed by atoms with Crippen LogP contribution in [0.15, 0.2) is 0 Å². The molecule has 0 heterocycles. The number of rotatable bonds is 3. The normalized spacial score (nSPS) is 34.0. The molecule has 1 saturated carbocycles. The Labute approximate surface area is 57.1 Å². The number of hydrogen-bond donors (Lipinski definition) is 1. The van der Waals surface area contributed by atoms with E-state index in [1.54, 1.807) is 0 Å². The van der Waals surface area contributed by atoms with Crippen LogP contribution >= 0.6 is 0 Å². The molecule has 1 fully saturated rings. The number of alkyl halides is 1. The maximum Gasteiger partial charge on any atom is 0.103 e. The van der Waals surface area contributed by atoms with Crippen molar-refractivity contribution in [3.8, 4) is 0 Å². The maximum absolute atomic E-state index is 12.2. The summed E-state index contributed by atoms with van der Waals surface area (Å²) in [5.74, 6) is 0. The lowest BCUT2D eigenvalue weighted by atomic mass is 9.91. The molecule has 0 amide bonds. The van der Waals surface area contributed by atoms with Gasteiger partial charge in [0.05, 0.1) is 0 Å². The van der Waals surface area contributed by atoms with Crippen LogP contribution in [0.25, 0.3) is 0 Å². The molecule has 1 rings (SSSR count). The van der Waals surface area contributed by atoms with E-state index >= 15 is 0 Å². The van der Waals surface area contributed by atoms with Crippen molar-refractivity contribution in [1.82, 2.24) is 5.32 Å². The molecule has 0 spiro atoms. The molecule has 0 bridgehead atoms. The Morgan fingerprint density at radius 3 is 2.78 bits per heavy atom. The number of halogens is 1. The molecule has 9 heavy (non-hydrogen) atoms. The molecule has 0 atom stereocenters. The molecule has 1 aliphatic rings. The van der Waals surface area contributed by atoms with Crippen molar-refractivity contribution in [2.45, 2.75) is 38.4 Å². The van der Waals surface area contributed by atoms with Gasteiger partial charge in [-0.2, -0.15) is 0 Å². The summed E-state index contributed by atoms with van der Waals surface area (Å²) in [6, 6.07) is 0.486. The SMILES string of the molecule is CCCNC1CC(F)C1.[HH]. The highest BCUT2D eigenvalue weighted by Gasteiger charge is 2.27. The summed E-state index contributed by atoms with van der Waals surface area (Å²) in [6.07, 6.45) is 2.10. The van der Waals surface area contributed by atoms with E-state index in [0.29, 0.717) is 6.04 Å². The van der Waals surface area contributed by atoms with Gasteiger partial charge in [-0.25, -0.2) is 4.39 Å². The minimum absolute atomic E-state index is 0. The lowest BCUT2D eigenvalue weighted by Gasteiger charge is -2.30. The molecule has 0 aromatic carbocycles. The van der Waals surface area contributed by atoms with Crippen molar-refractivity contribution < 1.29 is 5.82 Å². The van der Waals surface area contributed by atoms with Gasteiger partial charge in [0, 0.05) is 7.47 Å². The number of hydrogen-bond acceptors (Lipinski definition) is 1. The van der Waals surface area contributed by atoms with Crippen molar-refractivity contribution in [2.24, 2.45) is 0 Å². The predicted molar refractivity (Wildman–Crippen MR) is 38.3 cm³/mol. The van der Waals surface area contributed by atoms with Crippen LogP contribution in [0.3, 0.4) is 0 Å². The smallest absolute Gasteiger partial charge is 0.103 e. The van der Waals surface area contributed by atoms with E-state index in [4.69, 9.17) is 0 Å². The molecular weight excluding hydrogens is 117 g/mol. The Kier molecular flexibility index (Phi) is 2.46. The summed E-state index contributed by atoms with van der Waals surface area (Å²) in [5.41, 5.74) is 0. The van der Waals surface area contributed by atoms with Crippen LogP contribution < -0.4 is 5.32 Å². The van der Waals surface area contributed by atoms with Gasteiger partial charge >= 0.3 is 0 Å². The van der Waals surface area contributed by atoms with Crippen molar-refractivity contribution >= 4 is 0 Å². The minimum atomic E-state index is -0.514. The first kappa shape index (κ1) is 7.00. The standard InChI is InChI=1S/C7H14FN.H2/c1-2-3-9-7-4-6(8)5-7;/h6-7,9H,2-5H2,1H3;1H. The van der Waals surface area contributed by atoms with E-state index in [0.717, 1.165) is 25.8 Å². The molecule has 0 aromatic rings. The summed E-state index contributed by atoms with van der Waals surface area (Å²) in [5, 5.41) is 3.26. The topological polar surface area (TPSA) is 12.0 Å². The van der Waals surface area contributed by atoms with Gasteiger partial charge in [0.15, 0.2) is 0 Å². The first-order valence-corrected chi connectivity index (χ1v) is 3.70. The van der Waals surface area contributed by atoms with Crippen LogP contribution in [-0.2, 0) is 0 Å². The number of nitrogens with one attached hydrogen (secondary N) is 1. The Morgan fingerprint density at radius 2 is 2.33 bits per heavy atom. The Hall–Kier alpha value is -0.110. The first-order chi connectivity index (χ1) is 4.33. The van der Waals surface area contributed by atoms with Gasteiger partial charge in [-0.1, -0.05) is 6.92 Å². The molecule has 56 valence electrons. The molecular formula is C7H16FN. The van der Waals surface area contributed by atoms with E-state index in [-0.39, 0.29) is 1.43 Å². The zero-order chi connectivity index (χ0) is 6.69. The van der Waals surface area contributed by atoms with Gasteiger partial charge in [-0.05, 0) is 25.8 Å². The van der Waals surface area contributed by atoms with Crippen molar-refractivity contribution in [3.63, 3.8) is 0 Å². The molecule has 2 heteroatoms. The fourth-order valence-corrected chi connectivity index (χ4v) is 1.06. The van der Waals surface area contributed by atoms with E-state index in [2.05, 4.69) is 12.2 Å². The predicted octanol–water partition coefficient (Wildman–Crippen LogP) is 1.73. The second kappa shape index (κ2) is 3.16. The van der Waals surface area contributed by atoms with Crippen LogP contribution in [0, 0.1) is 0 Å². The minimum Gasteiger partial charge on any atom is -0.314 e. The fraction of sp³-hybridized carbons (Fsp3) is 1.00. The second-order valence-corrected chi connectivity index (χ2v) is 2.72. The summed E-state index contributed by atoms with van der Waals surface area (Å²) >= 11 is 0. The third-order valence-electron chi connectivity index (χ3n) is 1.76. The average molecular weight is 133 g/mol. The van der Waals surface area contributed by atoms with Crippen molar-refractivity contribution in [3.05, 3.63) is 0 Å². The van der Waals surface area contributed by atoms with Gasteiger partial charge < -0.3 is 5.32 Å². The molecule has 1 nitrogen and oxygen atoms in total. The largest absolute Gasteiger partial charge is 0.314 e. The zero-order valence-electron chi connectivity index (χ0n) is 5.86. The lowest BCUT2D eigenvalue weighted by Crippen LogP contribution is -2.42. The lowest BCUT2D eigenvalue weighted by molar-refractivity contribution is 0.156. The second-order valence-electron chi connectivity index (χ2n) is 2.72. The van der Waals surface area contributed by atoms with Crippen LogP contribution in [0.5, 0.6) is 0 Å². The fourth-order valence-electron chi connectivity index (χ4n) is 1.06. The van der Waals surface area contributed by atoms with E-state index < -0.39 is 6.17 Å². The van der Waals surface area contributed by atoms with Gasteiger partial charge in [0.2, 0.25) is 0 Å². The van der Waals surface area contributed by atoms with Crippen LogP contribution in [0.2, 0.25) is 0 Å². The van der Waals surface area contributed by atoms with Crippen molar-refractivity contribution in [1.29, 1.82) is 0 Å². The summed E-state index contributed by atoms with van der Waals surface area (Å²) in [7, 11) is 0. The van der Waals surface area contributed by atoms with Gasteiger partial charge in [0.25, 0.3) is 0 Å². The molecule has 1 aliphatic carbocycles. The van der Waals surface area contributed by atoms with E-state index in [1.807, 2.05) is 0 Å². The monoisotopic (exact) mass is 133 g/mol. The van der Waals surface area contributed by atoms with Crippen LogP contribution in [0.4, 0.5) is 4.39 Å². The van der Waals surface area contributed by atoms with Crippen LogP contribution in [-0.4, -0.2) is 18.8 Å². The molecule has 0 saturated heterocycles. The molecule has 1 N–H and O–H groups in total. The first-order valence-electron chi connectivity index (χ1n) is 3.70. The van der Waals surface area contributed by atoms with E-state index in [1.165, 1.54) is 0 Å². The molecule has 0 radical (unpaired) electrons. The summed E-state index contributed by atoms with van der Waals surface area (Å²) < 4.78 is 12.2. The van der Waals surface area contributed by atoms with Crippen molar-refractivity contribution in [2.75, 3.05) is 6.54 Å². The third-order valence-corrected chi connectivity index (χ3v) is 1.76. The Balaban J connectivity index is 0.000000810. The highest BCUT2D eigenvalue weighted by atomic mass is 19.1. The van der Waals surface area contributed by atoms with Gasteiger partial charge in [-0.15, -0.1) is 0 Å². The highest BCUT2D eigenvalue weighted by Crippen LogP contribution is 2.22. The quantitative estimate of drug-likeness (QED) is 0.618. The Bertz CT molecular complexity index is 83.7. The highest BCUT2D eigenvalue weighted by molar-refractivity contribution is 4.84. The van der Waals surface area contributed by atoms with Gasteiger partial charge in [0.1, 0.15) is 6.17 Å². The molecule has 0 aliphatic heterocycles. The van der Waals surface area contributed by atoms with E-state index in [9.17, 15) is 4.39 Å². The Morgan fingerprint density at radius 1 is 1.67 bits per heavy atom. The third kappa shape index (κ3) is 1.94. The van der Waals surface area contributed by atoms with Crippen LogP contribution in [0.1, 0.15) is 27.6 Å². The molecule has 0 aromatic heterocycles. The maximum atomic E-state index is 12.2.